The highest BCUT2D eigenvalue weighted by molar-refractivity contribution is 5.70. The van der Waals surface area contributed by atoms with Crippen LogP contribution in [-0.2, 0) is 12.8 Å². The summed E-state index contributed by atoms with van der Waals surface area (Å²) in [6.07, 6.45) is -0.709. The second-order valence-corrected chi connectivity index (χ2v) is 7.13. The first kappa shape index (κ1) is 22.3. The predicted octanol–water partition coefficient (Wildman–Crippen LogP) is 5.59. The van der Waals surface area contributed by atoms with Gasteiger partial charge in [0.15, 0.2) is 0 Å². The van der Waals surface area contributed by atoms with Crippen LogP contribution in [0.5, 0.6) is 11.5 Å². The van der Waals surface area contributed by atoms with E-state index in [9.17, 15) is 17.6 Å². The largest absolute Gasteiger partial charge is 0.496 e. The van der Waals surface area contributed by atoms with Crippen LogP contribution in [-0.4, -0.2) is 27.0 Å². The van der Waals surface area contributed by atoms with Crippen molar-refractivity contribution in [1.82, 2.24) is 19.9 Å². The van der Waals surface area contributed by atoms with Crippen molar-refractivity contribution < 1.29 is 27.0 Å². The van der Waals surface area contributed by atoms with Gasteiger partial charge in [-0.05, 0) is 37.3 Å². The Kier molecular flexibility index (Phi) is 5.99. The number of halogens is 4. The van der Waals surface area contributed by atoms with Gasteiger partial charge in [0.2, 0.25) is 0 Å². The Morgan fingerprint density at radius 1 is 0.970 bits per heavy atom. The average molecular weight is 458 g/mol. The van der Waals surface area contributed by atoms with Crippen molar-refractivity contribution >= 4 is 0 Å². The van der Waals surface area contributed by atoms with Gasteiger partial charge in [0.25, 0.3) is 0 Å². The molecule has 3 heterocycles. The fourth-order valence-corrected chi connectivity index (χ4v) is 3.08. The minimum absolute atomic E-state index is 0.240. The molecule has 170 valence electrons. The first-order chi connectivity index (χ1) is 15.7. The second kappa shape index (κ2) is 8.89. The maximum Gasteiger partial charge on any atom is 0.417 e. The fraction of sp³-hybridized carbons (Fsp3) is 0.174. The maximum atomic E-state index is 14.0. The quantitative estimate of drug-likeness (QED) is 0.382. The lowest BCUT2D eigenvalue weighted by molar-refractivity contribution is -0.138. The van der Waals surface area contributed by atoms with Crippen molar-refractivity contribution in [3.63, 3.8) is 0 Å². The van der Waals surface area contributed by atoms with Crippen molar-refractivity contribution in [1.29, 1.82) is 0 Å². The number of pyridine rings is 2. The summed E-state index contributed by atoms with van der Waals surface area (Å²) in [5.41, 5.74) is 1.74. The highest BCUT2D eigenvalue weighted by atomic mass is 19.4. The van der Waals surface area contributed by atoms with Crippen LogP contribution in [0.1, 0.15) is 17.0 Å². The molecule has 0 saturated carbocycles. The molecule has 4 rings (SSSR count). The lowest BCUT2D eigenvalue weighted by Gasteiger charge is -2.12. The number of methoxy groups -OCH3 is 1. The Morgan fingerprint density at radius 3 is 2.45 bits per heavy atom. The van der Waals surface area contributed by atoms with Crippen LogP contribution in [0.25, 0.3) is 22.6 Å². The molecule has 33 heavy (non-hydrogen) atoms. The summed E-state index contributed by atoms with van der Waals surface area (Å²) in [6, 6.07) is 9.15. The number of aromatic amines is 1. The number of nitrogens with zero attached hydrogens (tertiary/aromatic N) is 3. The van der Waals surface area contributed by atoms with E-state index < -0.39 is 17.6 Å². The van der Waals surface area contributed by atoms with Crippen LogP contribution in [0.15, 0.2) is 55.0 Å². The van der Waals surface area contributed by atoms with Gasteiger partial charge in [-0.1, -0.05) is 0 Å². The number of alkyl halides is 3. The van der Waals surface area contributed by atoms with Gasteiger partial charge in [-0.15, -0.1) is 0 Å². The molecule has 0 saturated heterocycles. The molecule has 6 nitrogen and oxygen atoms in total. The Hall–Kier alpha value is -3.95. The Morgan fingerprint density at radius 2 is 1.79 bits per heavy atom. The molecular formula is C23H18F4N4O2. The zero-order chi connectivity index (χ0) is 23.6. The molecule has 0 fully saturated rings. The number of imidazole rings is 1. The van der Waals surface area contributed by atoms with E-state index in [0.717, 1.165) is 11.3 Å². The summed E-state index contributed by atoms with van der Waals surface area (Å²) >= 11 is 0. The number of hydrogen-bond donors (Lipinski definition) is 1. The molecule has 0 spiro atoms. The molecule has 0 aliphatic carbocycles. The molecule has 3 aromatic heterocycles. The van der Waals surface area contributed by atoms with Crippen LogP contribution in [0.2, 0.25) is 0 Å². The molecule has 0 atom stereocenters. The minimum atomic E-state index is -4.67. The molecule has 0 unspecified atom stereocenters. The van der Waals surface area contributed by atoms with E-state index in [-0.39, 0.29) is 12.3 Å². The smallest absolute Gasteiger partial charge is 0.417 e. The lowest BCUT2D eigenvalue weighted by Crippen LogP contribution is -2.09. The van der Waals surface area contributed by atoms with Crippen LogP contribution in [0, 0.1) is 12.7 Å². The molecule has 0 aliphatic rings. The Balaban J connectivity index is 1.51. The number of nitrogens with one attached hydrogen (secondary N) is 1. The van der Waals surface area contributed by atoms with Crippen LogP contribution in [0.4, 0.5) is 17.6 Å². The van der Waals surface area contributed by atoms with Gasteiger partial charge in [-0.25, -0.2) is 9.37 Å². The number of aryl methyl sites for hydroxylation is 1. The van der Waals surface area contributed by atoms with E-state index in [2.05, 4.69) is 19.9 Å². The third kappa shape index (κ3) is 4.94. The molecule has 4 aromatic rings. The second-order valence-electron chi connectivity index (χ2n) is 7.13. The molecule has 10 heteroatoms. The monoisotopic (exact) mass is 458 g/mol. The molecule has 0 aliphatic heterocycles. The van der Waals surface area contributed by atoms with Crippen LogP contribution < -0.4 is 9.47 Å². The fourth-order valence-electron chi connectivity index (χ4n) is 3.08. The van der Waals surface area contributed by atoms with E-state index in [0.29, 0.717) is 40.8 Å². The van der Waals surface area contributed by atoms with Gasteiger partial charge in [-0.2, -0.15) is 13.2 Å². The number of H-pyrrole nitrogens is 1. The number of hydrogen-bond acceptors (Lipinski definition) is 5. The van der Waals surface area contributed by atoms with Crippen molar-refractivity contribution in [2.45, 2.75) is 19.7 Å². The van der Waals surface area contributed by atoms with Gasteiger partial charge < -0.3 is 14.5 Å². The van der Waals surface area contributed by atoms with E-state index in [1.807, 2.05) is 19.1 Å². The zero-order valence-corrected chi connectivity index (χ0v) is 17.6. The van der Waals surface area contributed by atoms with Gasteiger partial charge >= 0.3 is 6.18 Å². The lowest BCUT2D eigenvalue weighted by atomic mass is 10.1. The average Bonchev–Trinajstić information content (AvgIpc) is 3.28. The zero-order valence-electron chi connectivity index (χ0n) is 17.6. The summed E-state index contributed by atoms with van der Waals surface area (Å²) in [4.78, 5) is 15.4. The van der Waals surface area contributed by atoms with E-state index in [1.54, 1.807) is 30.6 Å². The Bertz CT molecular complexity index is 1270. The summed E-state index contributed by atoms with van der Waals surface area (Å²) in [5, 5.41) is 0. The SMILES string of the molecule is COc1cc(OCc2ncc(C(F)(F)F)cc2F)ccc1-c1cnc(-c2ccc(C)nc2)[nH]1. The molecule has 1 N–H and O–H groups in total. The summed E-state index contributed by atoms with van der Waals surface area (Å²) in [5.74, 6) is 0.345. The van der Waals surface area contributed by atoms with Gasteiger partial charge in [-0.3, -0.25) is 9.97 Å². The van der Waals surface area contributed by atoms with Gasteiger partial charge in [0, 0.05) is 35.3 Å². The van der Waals surface area contributed by atoms with Crippen molar-refractivity contribution in [2.24, 2.45) is 0 Å². The van der Waals surface area contributed by atoms with E-state index in [1.165, 1.54) is 7.11 Å². The van der Waals surface area contributed by atoms with Crippen molar-refractivity contribution in [3.8, 4) is 34.1 Å². The normalized spacial score (nSPS) is 11.5. The Labute approximate surface area is 186 Å². The molecule has 0 amide bonds. The highest BCUT2D eigenvalue weighted by Crippen LogP contribution is 2.34. The number of benzene rings is 1. The predicted molar refractivity (Wildman–Crippen MR) is 112 cm³/mol. The maximum absolute atomic E-state index is 14.0. The minimum Gasteiger partial charge on any atom is -0.496 e. The van der Waals surface area contributed by atoms with Crippen molar-refractivity contribution in [2.75, 3.05) is 7.11 Å². The topological polar surface area (TPSA) is 72.9 Å². The van der Waals surface area contributed by atoms with Gasteiger partial charge in [0.05, 0.1) is 24.6 Å². The number of ether oxygens (including phenoxy) is 2. The summed E-state index contributed by atoms with van der Waals surface area (Å²) in [7, 11) is 1.49. The van der Waals surface area contributed by atoms with Crippen LogP contribution >= 0.6 is 0 Å². The number of aromatic nitrogens is 4. The molecule has 0 radical (unpaired) electrons. The first-order valence-electron chi connectivity index (χ1n) is 9.75. The summed E-state index contributed by atoms with van der Waals surface area (Å²) in [6.45, 7) is 1.55. The molecule has 1 aromatic carbocycles. The molecule has 0 bridgehead atoms. The van der Waals surface area contributed by atoms with Crippen LogP contribution in [0.3, 0.4) is 0 Å². The first-order valence-corrected chi connectivity index (χ1v) is 9.75. The highest BCUT2D eigenvalue weighted by Gasteiger charge is 2.31. The van der Waals surface area contributed by atoms with E-state index >= 15 is 0 Å². The number of rotatable bonds is 6. The third-order valence-corrected chi connectivity index (χ3v) is 4.84. The third-order valence-electron chi connectivity index (χ3n) is 4.84. The van der Waals surface area contributed by atoms with Crippen molar-refractivity contribution in [3.05, 3.63) is 77.8 Å². The standard InChI is InChI=1S/C23H18F4N4O2/c1-13-3-4-14(9-28-13)22-30-11-19(31-22)17-6-5-16(8-21(17)32-2)33-12-20-18(24)7-15(10-29-20)23(25,26)27/h3-11H,12H2,1-2H3,(H,30,31). The summed E-state index contributed by atoms with van der Waals surface area (Å²) < 4.78 is 63.0. The van der Waals surface area contributed by atoms with Gasteiger partial charge in [0.1, 0.15) is 35.4 Å². The molecular weight excluding hydrogens is 440 g/mol. The van der Waals surface area contributed by atoms with E-state index in [4.69, 9.17) is 9.47 Å².